The summed E-state index contributed by atoms with van der Waals surface area (Å²) >= 11 is 0. The van der Waals surface area contributed by atoms with E-state index in [9.17, 15) is 4.79 Å². The van der Waals surface area contributed by atoms with Crippen molar-refractivity contribution in [1.82, 2.24) is 4.90 Å². The molecule has 0 bridgehead atoms. The van der Waals surface area contributed by atoms with Crippen molar-refractivity contribution in [3.05, 3.63) is 0 Å². The van der Waals surface area contributed by atoms with Crippen LogP contribution in [0, 0.1) is 5.92 Å². The highest BCUT2D eigenvalue weighted by molar-refractivity contribution is 5.69. The van der Waals surface area contributed by atoms with E-state index in [-0.39, 0.29) is 6.54 Å². The quantitative estimate of drug-likeness (QED) is 0.726. The average molecular weight is 241 g/mol. The Bertz CT molecular complexity index is 220. The van der Waals surface area contributed by atoms with Crippen LogP contribution in [0.1, 0.15) is 58.8 Å². The van der Waals surface area contributed by atoms with Crippen molar-refractivity contribution < 1.29 is 9.90 Å². The third-order valence-corrected chi connectivity index (χ3v) is 3.67. The molecule has 17 heavy (non-hydrogen) atoms. The predicted molar refractivity (Wildman–Crippen MR) is 70.2 cm³/mol. The smallest absolute Gasteiger partial charge is 0.317 e. The Kier molecular flexibility index (Phi) is 6.56. The minimum absolute atomic E-state index is 0.220. The van der Waals surface area contributed by atoms with Gasteiger partial charge in [0.15, 0.2) is 0 Å². The van der Waals surface area contributed by atoms with Crippen LogP contribution in [-0.2, 0) is 4.79 Å². The molecule has 0 unspecified atom stereocenters. The molecule has 0 spiro atoms. The first-order chi connectivity index (χ1) is 8.09. The minimum atomic E-state index is -0.682. The Morgan fingerprint density at radius 3 is 2.29 bits per heavy atom. The summed E-state index contributed by atoms with van der Waals surface area (Å²) in [4.78, 5) is 13.1. The van der Waals surface area contributed by atoms with Gasteiger partial charge in [-0.2, -0.15) is 0 Å². The molecule has 100 valence electrons. The maximum absolute atomic E-state index is 10.9. The number of carboxylic acid groups (broad SMARTS) is 1. The van der Waals surface area contributed by atoms with Crippen LogP contribution in [0.5, 0.6) is 0 Å². The molecule has 1 N–H and O–H groups in total. The third-order valence-electron chi connectivity index (χ3n) is 3.67. The van der Waals surface area contributed by atoms with Gasteiger partial charge in [-0.25, -0.2) is 0 Å². The van der Waals surface area contributed by atoms with Crippen LogP contribution in [-0.4, -0.2) is 35.1 Å². The number of aliphatic carboxylic acids is 1. The van der Waals surface area contributed by atoms with E-state index in [2.05, 4.69) is 18.7 Å². The second-order valence-corrected chi connectivity index (χ2v) is 5.69. The van der Waals surface area contributed by atoms with Gasteiger partial charge in [-0.05, 0) is 31.7 Å². The summed E-state index contributed by atoms with van der Waals surface area (Å²) in [6.45, 7) is 5.56. The van der Waals surface area contributed by atoms with Crippen molar-refractivity contribution in [3.8, 4) is 0 Å². The van der Waals surface area contributed by atoms with Crippen LogP contribution in [0.15, 0.2) is 0 Å². The van der Waals surface area contributed by atoms with Crippen molar-refractivity contribution in [2.24, 2.45) is 5.92 Å². The van der Waals surface area contributed by atoms with E-state index in [0.717, 1.165) is 13.0 Å². The molecule has 1 rings (SSSR count). The molecule has 1 aliphatic carbocycles. The van der Waals surface area contributed by atoms with E-state index >= 15 is 0 Å². The number of hydrogen-bond acceptors (Lipinski definition) is 2. The maximum atomic E-state index is 10.9. The van der Waals surface area contributed by atoms with Crippen LogP contribution in [0.25, 0.3) is 0 Å². The van der Waals surface area contributed by atoms with E-state index in [4.69, 9.17) is 5.11 Å². The zero-order chi connectivity index (χ0) is 12.7. The van der Waals surface area contributed by atoms with Gasteiger partial charge in [0.1, 0.15) is 0 Å². The standard InChI is InChI=1S/C14H27NO2/c1-12(2)9-10-15(11-14(16)17)13-7-5-3-4-6-8-13/h12-13H,3-11H2,1-2H3,(H,16,17). The highest BCUT2D eigenvalue weighted by Gasteiger charge is 2.21. The summed E-state index contributed by atoms with van der Waals surface area (Å²) in [6.07, 6.45) is 8.65. The van der Waals surface area contributed by atoms with Crippen LogP contribution >= 0.6 is 0 Å². The molecule has 0 aromatic heterocycles. The van der Waals surface area contributed by atoms with Crippen molar-refractivity contribution >= 4 is 5.97 Å². The van der Waals surface area contributed by atoms with Gasteiger partial charge in [-0.3, -0.25) is 9.69 Å². The zero-order valence-corrected chi connectivity index (χ0v) is 11.3. The van der Waals surface area contributed by atoms with Gasteiger partial charge in [-0.1, -0.05) is 39.5 Å². The molecule has 0 aromatic carbocycles. The lowest BCUT2D eigenvalue weighted by Crippen LogP contribution is -2.40. The van der Waals surface area contributed by atoms with Crippen LogP contribution in [0.3, 0.4) is 0 Å². The number of rotatable bonds is 6. The van der Waals surface area contributed by atoms with Gasteiger partial charge in [0, 0.05) is 6.04 Å². The molecule has 1 fully saturated rings. The van der Waals surface area contributed by atoms with Crippen LogP contribution in [0.2, 0.25) is 0 Å². The summed E-state index contributed by atoms with van der Waals surface area (Å²) in [6, 6.07) is 0.507. The fourth-order valence-electron chi connectivity index (χ4n) is 2.61. The summed E-state index contributed by atoms with van der Waals surface area (Å²) in [7, 11) is 0. The summed E-state index contributed by atoms with van der Waals surface area (Å²) in [5, 5.41) is 9.01. The Morgan fingerprint density at radius 1 is 1.24 bits per heavy atom. The minimum Gasteiger partial charge on any atom is -0.480 e. The molecule has 3 heteroatoms. The summed E-state index contributed by atoms with van der Waals surface area (Å²) < 4.78 is 0. The molecule has 0 aromatic rings. The molecule has 0 saturated heterocycles. The van der Waals surface area contributed by atoms with Crippen LogP contribution < -0.4 is 0 Å². The van der Waals surface area contributed by atoms with E-state index in [0.29, 0.717) is 12.0 Å². The van der Waals surface area contributed by atoms with Crippen molar-refractivity contribution in [2.75, 3.05) is 13.1 Å². The molecular formula is C14H27NO2. The molecule has 0 radical (unpaired) electrons. The molecule has 0 atom stereocenters. The highest BCUT2D eigenvalue weighted by Crippen LogP contribution is 2.22. The van der Waals surface area contributed by atoms with Crippen LogP contribution in [0.4, 0.5) is 0 Å². The fourth-order valence-corrected chi connectivity index (χ4v) is 2.61. The van der Waals surface area contributed by atoms with Gasteiger partial charge in [0.2, 0.25) is 0 Å². The Hall–Kier alpha value is -0.570. The molecule has 0 amide bonds. The largest absolute Gasteiger partial charge is 0.480 e. The Labute approximate surface area is 105 Å². The molecule has 1 saturated carbocycles. The first-order valence-electron chi connectivity index (χ1n) is 7.05. The van der Waals surface area contributed by atoms with Gasteiger partial charge in [-0.15, -0.1) is 0 Å². The summed E-state index contributed by atoms with van der Waals surface area (Å²) in [5.74, 6) is -0.0323. The number of hydrogen-bond donors (Lipinski definition) is 1. The lowest BCUT2D eigenvalue weighted by Gasteiger charge is -2.30. The van der Waals surface area contributed by atoms with Gasteiger partial charge in [0.05, 0.1) is 6.54 Å². The topological polar surface area (TPSA) is 40.5 Å². The lowest BCUT2D eigenvalue weighted by atomic mass is 10.0. The van der Waals surface area contributed by atoms with E-state index in [1.165, 1.54) is 38.5 Å². The van der Waals surface area contributed by atoms with Gasteiger partial charge < -0.3 is 5.11 Å². The number of nitrogens with zero attached hydrogens (tertiary/aromatic N) is 1. The highest BCUT2D eigenvalue weighted by atomic mass is 16.4. The zero-order valence-electron chi connectivity index (χ0n) is 11.3. The SMILES string of the molecule is CC(C)CCN(CC(=O)O)C1CCCCCC1. The van der Waals surface area contributed by atoms with E-state index in [1.54, 1.807) is 0 Å². The molecule has 3 nitrogen and oxygen atoms in total. The molecule has 1 aliphatic rings. The second kappa shape index (κ2) is 7.70. The van der Waals surface area contributed by atoms with Gasteiger partial charge >= 0.3 is 5.97 Å². The Balaban J connectivity index is 2.49. The summed E-state index contributed by atoms with van der Waals surface area (Å²) in [5.41, 5.74) is 0. The molecule has 0 heterocycles. The monoisotopic (exact) mass is 241 g/mol. The third kappa shape index (κ3) is 6.06. The Morgan fingerprint density at radius 2 is 1.82 bits per heavy atom. The van der Waals surface area contributed by atoms with E-state index in [1.807, 2.05) is 0 Å². The first-order valence-corrected chi connectivity index (χ1v) is 7.05. The first kappa shape index (κ1) is 14.5. The van der Waals surface area contributed by atoms with E-state index < -0.39 is 5.97 Å². The number of carbonyl (C=O) groups is 1. The fraction of sp³-hybridized carbons (Fsp3) is 0.929. The maximum Gasteiger partial charge on any atom is 0.317 e. The van der Waals surface area contributed by atoms with Crippen molar-refractivity contribution in [2.45, 2.75) is 64.8 Å². The predicted octanol–water partition coefficient (Wildman–Crippen LogP) is 3.14. The second-order valence-electron chi connectivity index (χ2n) is 5.69. The van der Waals surface area contributed by atoms with Gasteiger partial charge in [0.25, 0.3) is 0 Å². The van der Waals surface area contributed by atoms with Crippen molar-refractivity contribution in [3.63, 3.8) is 0 Å². The van der Waals surface area contributed by atoms with Crippen molar-refractivity contribution in [1.29, 1.82) is 0 Å². The number of carboxylic acids is 1. The average Bonchev–Trinajstić information content (AvgIpc) is 2.51. The normalized spacial score (nSPS) is 18.6. The molecule has 0 aliphatic heterocycles. The molecular weight excluding hydrogens is 214 g/mol. The lowest BCUT2D eigenvalue weighted by molar-refractivity contribution is -0.139.